The molecule has 4 nitrogen and oxygen atoms in total. The fourth-order valence-electron chi connectivity index (χ4n) is 1.28. The van der Waals surface area contributed by atoms with Crippen molar-refractivity contribution in [3.8, 4) is 0 Å². The van der Waals surface area contributed by atoms with Crippen LogP contribution < -0.4 is 0 Å². The summed E-state index contributed by atoms with van der Waals surface area (Å²) in [5.41, 5.74) is 1.05. The van der Waals surface area contributed by atoms with Gasteiger partial charge in [0, 0.05) is 5.39 Å². The number of hydrogen-bond acceptors (Lipinski definition) is 2. The predicted octanol–water partition coefficient (Wildman–Crippen LogP) is 1.74. The highest BCUT2D eigenvalue weighted by Gasteiger charge is 2.10. The molecular weight excluding hydrogens is 168 g/mol. The van der Waals surface area contributed by atoms with E-state index in [1.807, 2.05) is 6.07 Å². The van der Waals surface area contributed by atoms with Crippen LogP contribution in [0.2, 0.25) is 0 Å². The Morgan fingerprint density at radius 3 is 2.85 bits per heavy atom. The molecule has 2 rings (SSSR count). The van der Waals surface area contributed by atoms with Crippen LogP contribution in [-0.2, 0) is 0 Å². The second kappa shape index (κ2) is 2.58. The Labute approximate surface area is 74.4 Å². The summed E-state index contributed by atoms with van der Waals surface area (Å²) in [6.45, 7) is 3.66. The van der Waals surface area contributed by atoms with Crippen molar-refractivity contribution in [1.29, 1.82) is 0 Å². The Bertz CT molecular complexity index is 473. The molecule has 0 bridgehead atoms. The molecule has 0 atom stereocenters. The minimum atomic E-state index is -1.09. The summed E-state index contributed by atoms with van der Waals surface area (Å²) in [5, 5.41) is 13.3. The summed E-state index contributed by atoms with van der Waals surface area (Å²) in [7, 11) is 0. The Hall–Kier alpha value is -1.84. The Morgan fingerprint density at radius 1 is 1.46 bits per heavy atom. The van der Waals surface area contributed by atoms with Crippen molar-refractivity contribution in [2.24, 2.45) is 0 Å². The molecule has 1 radical (unpaired) electrons. The predicted molar refractivity (Wildman–Crippen MR) is 47.6 cm³/mol. The van der Waals surface area contributed by atoms with Crippen molar-refractivity contribution in [3.63, 3.8) is 0 Å². The fourth-order valence-corrected chi connectivity index (χ4v) is 1.28. The topological polar surface area (TPSA) is 55.1 Å². The van der Waals surface area contributed by atoms with Crippen LogP contribution in [0.4, 0.5) is 4.79 Å². The first kappa shape index (κ1) is 7.79. The molecule has 1 N–H and O–H groups in total. The molecule has 0 spiro atoms. The molecule has 0 fully saturated rings. The van der Waals surface area contributed by atoms with Crippen molar-refractivity contribution in [2.75, 3.05) is 0 Å². The number of aromatic nitrogens is 2. The van der Waals surface area contributed by atoms with Gasteiger partial charge in [0.15, 0.2) is 0 Å². The molecule has 0 saturated heterocycles. The average Bonchev–Trinajstić information content (AvgIpc) is 2.45. The van der Waals surface area contributed by atoms with Gasteiger partial charge in [-0.1, -0.05) is 18.2 Å². The molecule has 4 heteroatoms. The lowest BCUT2D eigenvalue weighted by Gasteiger charge is -1.92. The summed E-state index contributed by atoms with van der Waals surface area (Å²) in [5.74, 6) is 0. The number of para-hydroxylation sites is 1. The van der Waals surface area contributed by atoms with Crippen molar-refractivity contribution in [2.45, 2.75) is 0 Å². The fraction of sp³-hybridized carbons (Fsp3) is 0. The molecule has 1 heterocycles. The summed E-state index contributed by atoms with van der Waals surface area (Å²) in [6.07, 6.45) is -1.09. The van der Waals surface area contributed by atoms with Gasteiger partial charge in [0.1, 0.15) is 0 Å². The van der Waals surface area contributed by atoms with Crippen molar-refractivity contribution in [3.05, 3.63) is 36.9 Å². The van der Waals surface area contributed by atoms with E-state index >= 15 is 0 Å². The lowest BCUT2D eigenvalue weighted by molar-refractivity contribution is 0.194. The van der Waals surface area contributed by atoms with Gasteiger partial charge in [-0.3, -0.25) is 0 Å². The van der Waals surface area contributed by atoms with Crippen LogP contribution in [-0.4, -0.2) is 21.0 Å². The van der Waals surface area contributed by atoms with E-state index in [2.05, 4.69) is 12.0 Å². The number of nitrogens with zero attached hydrogens (tertiary/aromatic N) is 2. The van der Waals surface area contributed by atoms with E-state index in [1.165, 1.54) is 0 Å². The van der Waals surface area contributed by atoms with Crippen molar-refractivity contribution >= 4 is 17.0 Å². The van der Waals surface area contributed by atoms with Gasteiger partial charge < -0.3 is 5.11 Å². The summed E-state index contributed by atoms with van der Waals surface area (Å²) < 4.78 is 0.928. The lowest BCUT2D eigenvalue weighted by atomic mass is 10.2. The smallest absolute Gasteiger partial charge is 0.432 e. The molecule has 0 aliphatic carbocycles. The normalized spacial score (nSPS) is 10.5. The molecule has 65 valence electrons. The van der Waals surface area contributed by atoms with E-state index in [0.717, 1.165) is 10.1 Å². The van der Waals surface area contributed by atoms with Gasteiger partial charge in [-0.05, 0) is 13.0 Å². The lowest BCUT2D eigenvalue weighted by Crippen LogP contribution is -2.09. The highest BCUT2D eigenvalue weighted by Crippen LogP contribution is 2.16. The van der Waals surface area contributed by atoms with Gasteiger partial charge in [-0.2, -0.15) is 9.78 Å². The molecule has 0 aliphatic heterocycles. The monoisotopic (exact) mass is 175 g/mol. The molecule has 0 unspecified atom stereocenters. The first-order valence-corrected chi connectivity index (χ1v) is 3.73. The third-order valence-electron chi connectivity index (χ3n) is 1.85. The van der Waals surface area contributed by atoms with Crippen molar-refractivity contribution in [1.82, 2.24) is 9.78 Å². The number of carboxylic acid groups (broad SMARTS) is 1. The molecule has 1 aromatic heterocycles. The van der Waals surface area contributed by atoms with E-state index in [-0.39, 0.29) is 0 Å². The molecular formula is C9H7N2O2. The van der Waals surface area contributed by atoms with Gasteiger partial charge in [-0.15, -0.1) is 0 Å². The van der Waals surface area contributed by atoms with Gasteiger partial charge in [0.05, 0.1) is 11.2 Å². The second-order valence-corrected chi connectivity index (χ2v) is 2.66. The number of benzene rings is 1. The van der Waals surface area contributed by atoms with E-state index in [1.54, 1.807) is 18.2 Å². The number of hydrogen-bond donors (Lipinski definition) is 1. The van der Waals surface area contributed by atoms with Crippen LogP contribution in [0.3, 0.4) is 0 Å². The van der Waals surface area contributed by atoms with Gasteiger partial charge in [0.25, 0.3) is 0 Å². The number of rotatable bonds is 0. The van der Waals surface area contributed by atoms with Crippen LogP contribution in [0.15, 0.2) is 24.3 Å². The molecule has 0 saturated carbocycles. The second-order valence-electron chi connectivity index (χ2n) is 2.66. The molecule has 2 aromatic rings. The SMILES string of the molecule is [CH2]c1nn(C(=O)O)c2ccccc12. The quantitative estimate of drug-likeness (QED) is 0.663. The summed E-state index contributed by atoms with van der Waals surface area (Å²) >= 11 is 0. The highest BCUT2D eigenvalue weighted by molar-refractivity contribution is 5.89. The van der Waals surface area contributed by atoms with E-state index < -0.39 is 6.09 Å². The van der Waals surface area contributed by atoms with Crippen LogP contribution in [0.25, 0.3) is 10.9 Å². The number of carbonyl (C=O) groups is 1. The highest BCUT2D eigenvalue weighted by atomic mass is 16.4. The Kier molecular flexibility index (Phi) is 1.55. The summed E-state index contributed by atoms with van der Waals surface area (Å²) in [4.78, 5) is 10.7. The van der Waals surface area contributed by atoms with Crippen molar-refractivity contribution < 1.29 is 9.90 Å². The standard InChI is InChI=1S/C9H7N2O2/c1-6-7-4-2-3-5-8(7)11(10-6)9(12)13/h2-5H,1H2,(H,12,13). The zero-order chi connectivity index (χ0) is 9.42. The zero-order valence-electron chi connectivity index (χ0n) is 6.77. The van der Waals surface area contributed by atoms with Crippen LogP contribution in [0.5, 0.6) is 0 Å². The maximum Gasteiger partial charge on any atom is 0.432 e. The third kappa shape index (κ3) is 1.07. The first-order chi connectivity index (χ1) is 6.20. The van der Waals surface area contributed by atoms with Crippen LogP contribution >= 0.6 is 0 Å². The van der Waals surface area contributed by atoms with Crippen LogP contribution in [0, 0.1) is 6.92 Å². The molecule has 13 heavy (non-hydrogen) atoms. The van der Waals surface area contributed by atoms with Crippen LogP contribution in [0.1, 0.15) is 5.69 Å². The van der Waals surface area contributed by atoms with E-state index in [0.29, 0.717) is 11.2 Å². The largest absolute Gasteiger partial charge is 0.463 e. The first-order valence-electron chi connectivity index (χ1n) is 3.73. The zero-order valence-corrected chi connectivity index (χ0v) is 6.77. The average molecular weight is 175 g/mol. The minimum Gasteiger partial charge on any atom is -0.463 e. The Balaban J connectivity index is 2.85. The molecule has 0 aliphatic rings. The molecule has 1 aromatic carbocycles. The minimum absolute atomic E-state index is 0.484. The van der Waals surface area contributed by atoms with Gasteiger partial charge in [-0.25, -0.2) is 4.79 Å². The number of fused-ring (bicyclic) bond motifs is 1. The van der Waals surface area contributed by atoms with E-state index in [4.69, 9.17) is 5.11 Å². The maximum atomic E-state index is 10.7. The maximum absolute atomic E-state index is 10.7. The Morgan fingerprint density at radius 2 is 2.15 bits per heavy atom. The molecule has 0 amide bonds. The summed E-state index contributed by atoms with van der Waals surface area (Å²) in [6, 6.07) is 7.09. The van der Waals surface area contributed by atoms with Gasteiger partial charge >= 0.3 is 6.09 Å². The van der Waals surface area contributed by atoms with E-state index in [9.17, 15) is 4.79 Å². The van der Waals surface area contributed by atoms with Gasteiger partial charge in [0.2, 0.25) is 0 Å². The third-order valence-corrected chi connectivity index (χ3v) is 1.85.